The van der Waals surface area contributed by atoms with Crippen LogP contribution in [-0.4, -0.2) is 45.2 Å². The van der Waals surface area contributed by atoms with Gasteiger partial charge in [-0.2, -0.15) is 5.10 Å². The van der Waals surface area contributed by atoms with Crippen LogP contribution >= 0.6 is 0 Å². The van der Waals surface area contributed by atoms with Crippen LogP contribution in [-0.2, 0) is 11.8 Å². The summed E-state index contributed by atoms with van der Waals surface area (Å²) in [4.78, 5) is 26.0. The molecular weight excluding hydrogens is 270 g/mol. The number of amides is 1. The Morgan fingerprint density at radius 1 is 1.29 bits per heavy atom. The summed E-state index contributed by atoms with van der Waals surface area (Å²) in [7, 11) is 1.79. The fourth-order valence-electron chi connectivity index (χ4n) is 2.43. The molecule has 6 nitrogen and oxygen atoms in total. The minimum atomic E-state index is -0.487. The van der Waals surface area contributed by atoms with Gasteiger partial charge in [0.05, 0.1) is 11.8 Å². The van der Waals surface area contributed by atoms with E-state index >= 15 is 0 Å². The van der Waals surface area contributed by atoms with Crippen molar-refractivity contribution in [3.63, 3.8) is 0 Å². The van der Waals surface area contributed by atoms with E-state index in [-0.39, 0.29) is 17.8 Å². The summed E-state index contributed by atoms with van der Waals surface area (Å²) < 4.78 is 6.98. The third-order valence-electron chi connectivity index (χ3n) is 3.51. The highest BCUT2D eigenvalue weighted by molar-refractivity contribution is 5.97. The van der Waals surface area contributed by atoms with E-state index in [1.807, 2.05) is 20.8 Å². The molecule has 2 heterocycles. The van der Waals surface area contributed by atoms with E-state index in [2.05, 4.69) is 5.10 Å². The van der Waals surface area contributed by atoms with Crippen LogP contribution in [0, 0.1) is 5.92 Å². The molecular formula is C15H23N3O3. The molecule has 0 atom stereocenters. The highest BCUT2D eigenvalue weighted by Gasteiger charge is 2.30. The maximum Gasteiger partial charge on any atom is 0.410 e. The number of piperidine rings is 1. The van der Waals surface area contributed by atoms with E-state index in [0.717, 1.165) is 0 Å². The average Bonchev–Trinajstić information content (AvgIpc) is 2.83. The number of nitrogens with zero attached hydrogens (tertiary/aromatic N) is 3. The predicted molar refractivity (Wildman–Crippen MR) is 78.1 cm³/mol. The molecule has 0 aromatic carbocycles. The number of carbonyl (C=O) groups is 2. The summed E-state index contributed by atoms with van der Waals surface area (Å²) in [5.41, 5.74) is 0.160. The lowest BCUT2D eigenvalue weighted by Gasteiger charge is -2.32. The number of hydrogen-bond acceptors (Lipinski definition) is 4. The van der Waals surface area contributed by atoms with Crippen LogP contribution in [0.2, 0.25) is 0 Å². The quantitative estimate of drug-likeness (QED) is 0.785. The smallest absolute Gasteiger partial charge is 0.410 e. The number of ether oxygens (including phenoxy) is 1. The summed E-state index contributed by atoms with van der Waals surface area (Å²) in [6, 6.07) is 0. The maximum absolute atomic E-state index is 12.3. The van der Waals surface area contributed by atoms with Gasteiger partial charge in [-0.3, -0.25) is 9.48 Å². The Hall–Kier alpha value is -1.85. The van der Waals surface area contributed by atoms with Gasteiger partial charge in [0.15, 0.2) is 5.78 Å². The van der Waals surface area contributed by atoms with Gasteiger partial charge in [0.25, 0.3) is 0 Å². The van der Waals surface area contributed by atoms with E-state index in [1.165, 1.54) is 0 Å². The second-order valence-electron chi connectivity index (χ2n) is 6.51. The van der Waals surface area contributed by atoms with Crippen molar-refractivity contribution in [3.8, 4) is 0 Å². The van der Waals surface area contributed by atoms with Crippen molar-refractivity contribution >= 4 is 11.9 Å². The normalized spacial score (nSPS) is 16.9. The molecule has 21 heavy (non-hydrogen) atoms. The van der Waals surface area contributed by atoms with E-state index in [4.69, 9.17) is 4.74 Å². The molecule has 1 aromatic rings. The van der Waals surface area contributed by atoms with Crippen molar-refractivity contribution in [2.75, 3.05) is 13.1 Å². The van der Waals surface area contributed by atoms with E-state index in [9.17, 15) is 9.59 Å². The summed E-state index contributed by atoms with van der Waals surface area (Å²) >= 11 is 0. The number of likely N-dealkylation sites (tertiary alicyclic amines) is 1. The third-order valence-corrected chi connectivity index (χ3v) is 3.51. The lowest BCUT2D eigenvalue weighted by atomic mass is 9.90. The summed E-state index contributed by atoms with van der Waals surface area (Å²) in [6.45, 7) is 6.67. The maximum atomic E-state index is 12.3. The highest BCUT2D eigenvalue weighted by Crippen LogP contribution is 2.23. The van der Waals surface area contributed by atoms with Gasteiger partial charge < -0.3 is 9.64 Å². The first-order valence-corrected chi connectivity index (χ1v) is 7.27. The minimum absolute atomic E-state index is 0.0344. The van der Waals surface area contributed by atoms with Crippen LogP contribution in [0.3, 0.4) is 0 Å². The number of aryl methyl sites for hydroxylation is 1. The van der Waals surface area contributed by atoms with Crippen molar-refractivity contribution in [1.82, 2.24) is 14.7 Å². The molecule has 0 radical (unpaired) electrons. The zero-order valence-corrected chi connectivity index (χ0v) is 13.1. The Bertz CT molecular complexity index is 523. The number of ketones is 1. The van der Waals surface area contributed by atoms with Crippen molar-refractivity contribution in [2.24, 2.45) is 13.0 Å². The van der Waals surface area contributed by atoms with Crippen LogP contribution in [0.25, 0.3) is 0 Å². The zero-order valence-electron chi connectivity index (χ0n) is 13.1. The largest absolute Gasteiger partial charge is 0.444 e. The molecule has 0 aliphatic carbocycles. The first-order chi connectivity index (χ1) is 9.76. The molecule has 1 aromatic heterocycles. The van der Waals surface area contributed by atoms with Crippen LogP contribution < -0.4 is 0 Å². The monoisotopic (exact) mass is 293 g/mol. The second kappa shape index (κ2) is 5.87. The lowest BCUT2D eigenvalue weighted by molar-refractivity contribution is 0.0182. The van der Waals surface area contributed by atoms with Crippen molar-refractivity contribution in [3.05, 3.63) is 18.0 Å². The number of Topliss-reactive ketones (excluding diaryl/α,β-unsaturated/α-hetero) is 1. The van der Waals surface area contributed by atoms with E-state index < -0.39 is 5.60 Å². The molecule has 2 rings (SSSR count). The van der Waals surface area contributed by atoms with Gasteiger partial charge in [0.1, 0.15) is 5.60 Å². The summed E-state index contributed by atoms with van der Waals surface area (Å²) in [6.07, 6.45) is 4.39. The van der Waals surface area contributed by atoms with E-state index in [0.29, 0.717) is 31.5 Å². The van der Waals surface area contributed by atoms with Gasteiger partial charge in [0, 0.05) is 32.3 Å². The van der Waals surface area contributed by atoms with Crippen LogP contribution in [0.5, 0.6) is 0 Å². The highest BCUT2D eigenvalue weighted by atomic mass is 16.6. The molecule has 0 spiro atoms. The average molecular weight is 293 g/mol. The molecule has 116 valence electrons. The summed E-state index contributed by atoms with van der Waals surface area (Å²) in [5, 5.41) is 4.03. The van der Waals surface area contributed by atoms with Crippen LogP contribution in [0.1, 0.15) is 44.0 Å². The summed E-state index contributed by atoms with van der Waals surface area (Å²) in [5.74, 6) is 0.0832. The van der Waals surface area contributed by atoms with Crippen molar-refractivity contribution in [1.29, 1.82) is 0 Å². The standard InChI is InChI=1S/C15H23N3O3/c1-15(2,3)21-14(20)18-7-5-11(6-8-18)13(19)12-9-16-17(4)10-12/h9-11H,5-8H2,1-4H3. The number of rotatable bonds is 2. The van der Waals surface area contributed by atoms with Gasteiger partial charge in [-0.25, -0.2) is 4.79 Å². The molecule has 1 amide bonds. The fourth-order valence-corrected chi connectivity index (χ4v) is 2.43. The Morgan fingerprint density at radius 3 is 2.38 bits per heavy atom. The molecule has 1 fully saturated rings. The van der Waals surface area contributed by atoms with Crippen LogP contribution in [0.15, 0.2) is 12.4 Å². The molecule has 0 bridgehead atoms. The topological polar surface area (TPSA) is 64.4 Å². The Kier molecular flexibility index (Phi) is 4.34. The SMILES string of the molecule is Cn1cc(C(=O)C2CCN(C(=O)OC(C)(C)C)CC2)cn1. The molecule has 1 saturated heterocycles. The first-order valence-electron chi connectivity index (χ1n) is 7.27. The second-order valence-corrected chi connectivity index (χ2v) is 6.51. The Balaban J connectivity index is 1.88. The zero-order chi connectivity index (χ0) is 15.6. The third kappa shape index (κ3) is 4.06. The number of carbonyl (C=O) groups excluding carboxylic acids is 2. The lowest BCUT2D eigenvalue weighted by Crippen LogP contribution is -2.42. The number of hydrogen-bond donors (Lipinski definition) is 0. The van der Waals surface area contributed by atoms with E-state index in [1.54, 1.807) is 29.0 Å². The Labute approximate surface area is 125 Å². The molecule has 0 saturated carbocycles. The minimum Gasteiger partial charge on any atom is -0.444 e. The van der Waals surface area contributed by atoms with Gasteiger partial charge >= 0.3 is 6.09 Å². The predicted octanol–water partition coefficient (Wildman–Crippen LogP) is 2.25. The molecule has 0 unspecified atom stereocenters. The van der Waals surface area contributed by atoms with Gasteiger partial charge in [-0.15, -0.1) is 0 Å². The fraction of sp³-hybridized carbons (Fsp3) is 0.667. The molecule has 1 aliphatic heterocycles. The molecule has 6 heteroatoms. The first kappa shape index (κ1) is 15.5. The number of aromatic nitrogens is 2. The van der Waals surface area contributed by atoms with Gasteiger partial charge in [0.2, 0.25) is 0 Å². The van der Waals surface area contributed by atoms with Crippen molar-refractivity contribution < 1.29 is 14.3 Å². The van der Waals surface area contributed by atoms with Crippen LogP contribution in [0.4, 0.5) is 4.79 Å². The Morgan fingerprint density at radius 2 is 1.90 bits per heavy atom. The molecule has 1 aliphatic rings. The van der Waals surface area contributed by atoms with Gasteiger partial charge in [-0.05, 0) is 33.6 Å². The van der Waals surface area contributed by atoms with Crippen molar-refractivity contribution in [2.45, 2.75) is 39.2 Å². The van der Waals surface area contributed by atoms with Gasteiger partial charge in [-0.1, -0.05) is 0 Å². The molecule has 0 N–H and O–H groups in total.